The van der Waals surface area contributed by atoms with E-state index in [4.69, 9.17) is 0 Å². The van der Waals surface area contributed by atoms with Crippen molar-refractivity contribution in [1.29, 1.82) is 0 Å². The second-order valence-electron chi connectivity index (χ2n) is 4.00. The fourth-order valence-electron chi connectivity index (χ4n) is 1.72. The summed E-state index contributed by atoms with van der Waals surface area (Å²) in [6.45, 7) is 7.22. The van der Waals surface area contributed by atoms with Crippen molar-refractivity contribution in [3.8, 4) is 11.8 Å². The molecule has 0 atom stereocenters. The molecular weight excluding hydrogens is 198 g/mol. The van der Waals surface area contributed by atoms with Crippen molar-refractivity contribution in [3.63, 3.8) is 0 Å². The van der Waals surface area contributed by atoms with Crippen LogP contribution in [0.3, 0.4) is 0 Å². The summed E-state index contributed by atoms with van der Waals surface area (Å²) in [4.78, 5) is 6.62. The van der Waals surface area contributed by atoms with E-state index in [-0.39, 0.29) is 0 Å². The molecule has 2 heterocycles. The molecule has 1 saturated heterocycles. The van der Waals surface area contributed by atoms with Crippen molar-refractivity contribution in [2.45, 2.75) is 6.92 Å². The van der Waals surface area contributed by atoms with E-state index in [1.165, 1.54) is 0 Å². The first-order valence-corrected chi connectivity index (χ1v) is 5.70. The van der Waals surface area contributed by atoms with E-state index >= 15 is 0 Å². The Balaban J connectivity index is 1.92. The number of nitrogens with one attached hydrogen (secondary N) is 1. The number of hydrogen-bond donors (Lipinski definition) is 1. The molecule has 1 aromatic rings. The molecule has 1 aliphatic heterocycles. The van der Waals surface area contributed by atoms with Crippen LogP contribution in [0.25, 0.3) is 0 Å². The van der Waals surface area contributed by atoms with Crippen molar-refractivity contribution in [1.82, 2.24) is 15.2 Å². The molecule has 1 fully saturated rings. The molecule has 0 unspecified atom stereocenters. The van der Waals surface area contributed by atoms with Gasteiger partial charge >= 0.3 is 0 Å². The number of nitrogens with zero attached hydrogens (tertiary/aromatic N) is 2. The maximum atomic E-state index is 4.26. The summed E-state index contributed by atoms with van der Waals surface area (Å²) in [5, 5.41) is 3.33. The number of hydrogen-bond acceptors (Lipinski definition) is 3. The van der Waals surface area contributed by atoms with E-state index in [0.29, 0.717) is 0 Å². The minimum atomic E-state index is 0.845. The van der Waals surface area contributed by atoms with Gasteiger partial charge in [0.05, 0.1) is 6.54 Å². The Bertz CT molecular complexity index is 397. The molecule has 16 heavy (non-hydrogen) atoms. The van der Waals surface area contributed by atoms with E-state index in [2.05, 4.69) is 27.0 Å². The second-order valence-corrected chi connectivity index (χ2v) is 4.00. The maximum Gasteiger partial charge on any atom is 0.116 e. The molecule has 3 nitrogen and oxygen atoms in total. The highest BCUT2D eigenvalue weighted by Crippen LogP contribution is 2.00. The van der Waals surface area contributed by atoms with Gasteiger partial charge < -0.3 is 5.32 Å². The molecule has 0 amide bonds. The Kier molecular flexibility index (Phi) is 3.92. The quantitative estimate of drug-likeness (QED) is 0.697. The van der Waals surface area contributed by atoms with Gasteiger partial charge in [-0.05, 0) is 24.5 Å². The normalized spacial score (nSPS) is 16.6. The van der Waals surface area contributed by atoms with Crippen molar-refractivity contribution in [3.05, 3.63) is 29.6 Å². The summed E-state index contributed by atoms with van der Waals surface area (Å²) >= 11 is 0. The smallest absolute Gasteiger partial charge is 0.116 e. The Morgan fingerprint density at radius 2 is 2.25 bits per heavy atom. The molecular formula is C13H17N3. The highest BCUT2D eigenvalue weighted by Gasteiger charge is 2.06. The average molecular weight is 215 g/mol. The summed E-state index contributed by atoms with van der Waals surface area (Å²) in [6, 6.07) is 3.98. The first-order valence-electron chi connectivity index (χ1n) is 5.70. The van der Waals surface area contributed by atoms with Gasteiger partial charge in [-0.15, -0.1) is 0 Å². The number of aromatic nitrogens is 1. The van der Waals surface area contributed by atoms with E-state index in [9.17, 15) is 0 Å². The lowest BCUT2D eigenvalue weighted by atomic mass is 10.2. The van der Waals surface area contributed by atoms with Gasteiger partial charge in [0.15, 0.2) is 0 Å². The summed E-state index contributed by atoms with van der Waals surface area (Å²) in [5.74, 6) is 6.33. The standard InChI is InChI=1S/C13H17N3/c1-12-4-2-6-15-13(12)5-3-9-16-10-7-14-8-11-16/h2,4,6,14H,7-11H2,1H3. The van der Waals surface area contributed by atoms with E-state index in [1.54, 1.807) is 6.20 Å². The van der Waals surface area contributed by atoms with Crippen LogP contribution in [0.4, 0.5) is 0 Å². The molecule has 0 saturated carbocycles. The van der Waals surface area contributed by atoms with Gasteiger partial charge in [0, 0.05) is 32.4 Å². The van der Waals surface area contributed by atoms with Gasteiger partial charge in [-0.25, -0.2) is 4.98 Å². The van der Waals surface area contributed by atoms with E-state index < -0.39 is 0 Å². The number of piperazine rings is 1. The minimum Gasteiger partial charge on any atom is -0.314 e. The Morgan fingerprint density at radius 3 is 3.00 bits per heavy atom. The fraction of sp³-hybridized carbons (Fsp3) is 0.462. The molecule has 1 aromatic heterocycles. The second kappa shape index (κ2) is 5.64. The summed E-state index contributed by atoms with van der Waals surface area (Å²) in [5.41, 5.74) is 2.05. The topological polar surface area (TPSA) is 28.2 Å². The van der Waals surface area contributed by atoms with Crippen molar-refractivity contribution in [2.75, 3.05) is 32.7 Å². The van der Waals surface area contributed by atoms with Crippen LogP contribution < -0.4 is 5.32 Å². The van der Waals surface area contributed by atoms with E-state index in [0.717, 1.165) is 44.0 Å². The highest BCUT2D eigenvalue weighted by atomic mass is 15.2. The van der Waals surface area contributed by atoms with Gasteiger partial charge in [0.25, 0.3) is 0 Å². The third kappa shape index (κ3) is 3.06. The lowest BCUT2D eigenvalue weighted by molar-refractivity contribution is 0.268. The first kappa shape index (κ1) is 11.1. The third-order valence-electron chi connectivity index (χ3n) is 2.73. The molecule has 3 heteroatoms. The number of aryl methyl sites for hydroxylation is 1. The zero-order valence-electron chi connectivity index (χ0n) is 9.66. The van der Waals surface area contributed by atoms with Gasteiger partial charge in [0.1, 0.15) is 5.69 Å². The average Bonchev–Trinajstić information content (AvgIpc) is 2.33. The summed E-state index contributed by atoms with van der Waals surface area (Å²) in [6.07, 6.45) is 1.79. The van der Waals surface area contributed by atoms with Crippen molar-refractivity contribution >= 4 is 0 Å². The first-order chi connectivity index (χ1) is 7.86. The lowest BCUT2D eigenvalue weighted by Crippen LogP contribution is -2.43. The molecule has 0 spiro atoms. The van der Waals surface area contributed by atoms with Crippen LogP contribution in [0.5, 0.6) is 0 Å². The largest absolute Gasteiger partial charge is 0.314 e. The predicted molar refractivity (Wildman–Crippen MR) is 65.2 cm³/mol. The monoisotopic (exact) mass is 215 g/mol. The molecule has 0 aliphatic carbocycles. The molecule has 2 rings (SSSR count). The minimum absolute atomic E-state index is 0.845. The van der Waals surface area contributed by atoms with Crippen LogP contribution in [0.2, 0.25) is 0 Å². The van der Waals surface area contributed by atoms with Gasteiger partial charge in [0.2, 0.25) is 0 Å². The van der Waals surface area contributed by atoms with Crippen molar-refractivity contribution < 1.29 is 0 Å². The molecule has 0 radical (unpaired) electrons. The van der Waals surface area contributed by atoms with Crippen LogP contribution in [-0.2, 0) is 0 Å². The molecule has 1 aliphatic rings. The highest BCUT2D eigenvalue weighted by molar-refractivity contribution is 5.34. The molecule has 0 aromatic carbocycles. The van der Waals surface area contributed by atoms with Gasteiger partial charge in [-0.1, -0.05) is 12.0 Å². The van der Waals surface area contributed by atoms with Gasteiger partial charge in [-0.3, -0.25) is 4.90 Å². The molecule has 84 valence electrons. The fourth-order valence-corrected chi connectivity index (χ4v) is 1.72. The SMILES string of the molecule is Cc1cccnc1C#CCN1CCNCC1. The third-order valence-corrected chi connectivity index (χ3v) is 2.73. The lowest BCUT2D eigenvalue weighted by Gasteiger charge is -2.24. The zero-order valence-corrected chi connectivity index (χ0v) is 9.66. The number of rotatable bonds is 1. The van der Waals surface area contributed by atoms with Crippen LogP contribution in [0, 0.1) is 18.8 Å². The van der Waals surface area contributed by atoms with Crippen LogP contribution >= 0.6 is 0 Å². The van der Waals surface area contributed by atoms with Crippen molar-refractivity contribution in [2.24, 2.45) is 0 Å². The summed E-state index contributed by atoms with van der Waals surface area (Å²) < 4.78 is 0. The van der Waals surface area contributed by atoms with E-state index in [1.807, 2.05) is 19.1 Å². The Morgan fingerprint density at radius 1 is 1.44 bits per heavy atom. The Hall–Kier alpha value is -1.37. The van der Waals surface area contributed by atoms with Crippen LogP contribution in [-0.4, -0.2) is 42.6 Å². The van der Waals surface area contributed by atoms with Gasteiger partial charge in [-0.2, -0.15) is 0 Å². The maximum absolute atomic E-state index is 4.26. The van der Waals surface area contributed by atoms with Crippen LogP contribution in [0.1, 0.15) is 11.3 Å². The number of pyridine rings is 1. The van der Waals surface area contributed by atoms with Crippen LogP contribution in [0.15, 0.2) is 18.3 Å². The summed E-state index contributed by atoms with van der Waals surface area (Å²) in [7, 11) is 0. The molecule has 0 bridgehead atoms. The Labute approximate surface area is 96.9 Å². The molecule has 1 N–H and O–H groups in total. The zero-order chi connectivity index (χ0) is 11.2. The predicted octanol–water partition coefficient (Wildman–Crippen LogP) is 0.647.